The summed E-state index contributed by atoms with van der Waals surface area (Å²) in [5.41, 5.74) is 1.49. The Labute approximate surface area is 71.8 Å². The molecule has 1 heterocycles. The second-order valence-corrected chi connectivity index (χ2v) is 2.70. The highest BCUT2D eigenvalue weighted by atomic mass is 15.3. The van der Waals surface area contributed by atoms with Crippen LogP contribution in [0.15, 0.2) is 6.07 Å². The van der Waals surface area contributed by atoms with E-state index in [1.807, 2.05) is 14.0 Å². The second kappa shape index (κ2) is 3.37. The molecule has 1 unspecified atom stereocenters. The van der Waals surface area contributed by atoms with Gasteiger partial charge in [-0.3, -0.25) is 4.68 Å². The summed E-state index contributed by atoms with van der Waals surface area (Å²) in [6.07, 6.45) is 0. The van der Waals surface area contributed by atoms with E-state index >= 15 is 0 Å². The molecular formula is C8H12N4. The summed E-state index contributed by atoms with van der Waals surface area (Å²) in [6.45, 7) is 2.00. The first kappa shape index (κ1) is 8.75. The van der Waals surface area contributed by atoms with Gasteiger partial charge >= 0.3 is 0 Å². The fourth-order valence-electron chi connectivity index (χ4n) is 0.954. The lowest BCUT2D eigenvalue weighted by Gasteiger charge is -2.04. The number of nitriles is 1. The third-order valence-electron chi connectivity index (χ3n) is 1.89. The Balaban J connectivity index is 2.98. The largest absolute Gasteiger partial charge is 0.312 e. The molecule has 0 saturated heterocycles. The van der Waals surface area contributed by atoms with E-state index in [0.29, 0.717) is 5.69 Å². The molecule has 0 bridgehead atoms. The van der Waals surface area contributed by atoms with E-state index in [1.54, 1.807) is 17.8 Å². The van der Waals surface area contributed by atoms with Crippen LogP contribution in [0.5, 0.6) is 0 Å². The molecule has 0 amide bonds. The van der Waals surface area contributed by atoms with Gasteiger partial charge < -0.3 is 5.32 Å². The Bertz CT molecular complexity index is 307. The molecule has 4 heteroatoms. The van der Waals surface area contributed by atoms with E-state index in [9.17, 15) is 0 Å². The number of hydrogen-bond donors (Lipinski definition) is 1. The highest BCUT2D eigenvalue weighted by Gasteiger charge is 2.08. The predicted octanol–water partition coefficient (Wildman–Crippen LogP) is 0.572. The lowest BCUT2D eigenvalue weighted by Crippen LogP contribution is -2.13. The number of nitrogens with zero attached hydrogens (tertiary/aromatic N) is 3. The van der Waals surface area contributed by atoms with Crippen LogP contribution in [-0.4, -0.2) is 16.8 Å². The standard InChI is InChI=1S/C8H12N4/c1-6(10-2)8-4-7(5-9)12(3)11-8/h4,6,10H,1-3H3. The topological polar surface area (TPSA) is 53.6 Å². The number of rotatable bonds is 2. The van der Waals surface area contributed by atoms with E-state index in [0.717, 1.165) is 5.69 Å². The van der Waals surface area contributed by atoms with Crippen LogP contribution in [0.4, 0.5) is 0 Å². The predicted molar refractivity (Wildman–Crippen MR) is 45.4 cm³/mol. The molecule has 0 aliphatic carbocycles. The van der Waals surface area contributed by atoms with E-state index in [4.69, 9.17) is 5.26 Å². The molecule has 0 fully saturated rings. The van der Waals surface area contributed by atoms with Crippen molar-refractivity contribution >= 4 is 0 Å². The van der Waals surface area contributed by atoms with E-state index < -0.39 is 0 Å². The van der Waals surface area contributed by atoms with Crippen LogP contribution >= 0.6 is 0 Å². The van der Waals surface area contributed by atoms with Crippen LogP contribution in [0.3, 0.4) is 0 Å². The van der Waals surface area contributed by atoms with Crippen LogP contribution in [0.25, 0.3) is 0 Å². The third kappa shape index (κ3) is 1.46. The number of nitrogens with one attached hydrogen (secondary N) is 1. The first-order chi connectivity index (χ1) is 5.69. The van der Waals surface area contributed by atoms with Crippen molar-refractivity contribution < 1.29 is 0 Å². The van der Waals surface area contributed by atoms with Gasteiger partial charge in [0.2, 0.25) is 0 Å². The zero-order valence-corrected chi connectivity index (χ0v) is 7.50. The molecule has 1 rings (SSSR count). The number of hydrogen-bond acceptors (Lipinski definition) is 3. The van der Waals surface area contributed by atoms with Gasteiger partial charge in [-0.15, -0.1) is 0 Å². The quantitative estimate of drug-likeness (QED) is 0.695. The maximum Gasteiger partial charge on any atom is 0.138 e. The first-order valence-electron chi connectivity index (χ1n) is 3.80. The SMILES string of the molecule is CNC(C)c1cc(C#N)n(C)n1. The van der Waals surface area contributed by atoms with Crippen molar-refractivity contribution in [3.05, 3.63) is 17.5 Å². The second-order valence-electron chi connectivity index (χ2n) is 2.70. The molecule has 0 aliphatic rings. The van der Waals surface area contributed by atoms with Crippen molar-refractivity contribution in [2.75, 3.05) is 7.05 Å². The minimum absolute atomic E-state index is 0.193. The van der Waals surface area contributed by atoms with Crippen molar-refractivity contribution in [2.45, 2.75) is 13.0 Å². The van der Waals surface area contributed by atoms with Crippen LogP contribution in [0, 0.1) is 11.3 Å². The van der Waals surface area contributed by atoms with Gasteiger partial charge in [0.1, 0.15) is 11.8 Å². The monoisotopic (exact) mass is 164 g/mol. The van der Waals surface area contributed by atoms with E-state index in [-0.39, 0.29) is 6.04 Å². The highest BCUT2D eigenvalue weighted by Crippen LogP contribution is 2.10. The lowest BCUT2D eigenvalue weighted by atomic mass is 10.2. The van der Waals surface area contributed by atoms with E-state index in [1.165, 1.54) is 0 Å². The van der Waals surface area contributed by atoms with Gasteiger partial charge in [-0.05, 0) is 20.0 Å². The van der Waals surface area contributed by atoms with Crippen LogP contribution in [0.2, 0.25) is 0 Å². The van der Waals surface area contributed by atoms with Crippen molar-refractivity contribution in [3.63, 3.8) is 0 Å². The molecule has 0 aromatic carbocycles. The van der Waals surface area contributed by atoms with Gasteiger partial charge in [0.25, 0.3) is 0 Å². The fourth-order valence-corrected chi connectivity index (χ4v) is 0.954. The summed E-state index contributed by atoms with van der Waals surface area (Å²) in [7, 11) is 3.63. The first-order valence-corrected chi connectivity index (χ1v) is 3.80. The molecule has 1 aromatic rings. The summed E-state index contributed by atoms with van der Waals surface area (Å²) in [4.78, 5) is 0. The molecule has 64 valence electrons. The molecule has 0 aliphatic heterocycles. The van der Waals surface area contributed by atoms with Gasteiger partial charge in [0.05, 0.1) is 5.69 Å². The van der Waals surface area contributed by atoms with E-state index in [2.05, 4.69) is 16.5 Å². The number of aromatic nitrogens is 2. The Hall–Kier alpha value is -1.34. The van der Waals surface area contributed by atoms with Gasteiger partial charge in [0.15, 0.2) is 0 Å². The van der Waals surface area contributed by atoms with Crippen molar-refractivity contribution in [2.24, 2.45) is 7.05 Å². The summed E-state index contributed by atoms with van der Waals surface area (Å²) < 4.78 is 1.59. The molecule has 1 aromatic heterocycles. The maximum absolute atomic E-state index is 8.66. The lowest BCUT2D eigenvalue weighted by molar-refractivity contribution is 0.611. The Morgan fingerprint density at radius 2 is 2.42 bits per heavy atom. The molecule has 4 nitrogen and oxygen atoms in total. The maximum atomic E-state index is 8.66. The van der Waals surface area contributed by atoms with Crippen LogP contribution < -0.4 is 5.32 Å². The molecule has 0 spiro atoms. The van der Waals surface area contributed by atoms with Crippen LogP contribution in [-0.2, 0) is 7.05 Å². The molecule has 1 atom stereocenters. The summed E-state index contributed by atoms with van der Waals surface area (Å²) in [6, 6.07) is 4.05. The van der Waals surface area contributed by atoms with Crippen molar-refractivity contribution in [1.29, 1.82) is 5.26 Å². The highest BCUT2D eigenvalue weighted by molar-refractivity contribution is 5.24. The van der Waals surface area contributed by atoms with Gasteiger partial charge in [-0.1, -0.05) is 0 Å². The van der Waals surface area contributed by atoms with Crippen molar-refractivity contribution in [1.82, 2.24) is 15.1 Å². The summed E-state index contributed by atoms with van der Waals surface area (Å²) in [5, 5.41) is 15.9. The molecule has 12 heavy (non-hydrogen) atoms. The number of aryl methyl sites for hydroxylation is 1. The molecule has 0 saturated carbocycles. The summed E-state index contributed by atoms with van der Waals surface area (Å²) >= 11 is 0. The zero-order chi connectivity index (χ0) is 9.14. The molecule has 0 radical (unpaired) electrons. The molecular weight excluding hydrogens is 152 g/mol. The Kier molecular flexibility index (Phi) is 2.46. The normalized spacial score (nSPS) is 12.5. The van der Waals surface area contributed by atoms with Crippen LogP contribution in [0.1, 0.15) is 24.4 Å². The molecule has 1 N–H and O–H groups in total. The minimum atomic E-state index is 0.193. The summed E-state index contributed by atoms with van der Waals surface area (Å²) in [5.74, 6) is 0. The van der Waals surface area contributed by atoms with Crippen molar-refractivity contribution in [3.8, 4) is 6.07 Å². The minimum Gasteiger partial charge on any atom is -0.312 e. The Morgan fingerprint density at radius 3 is 2.83 bits per heavy atom. The van der Waals surface area contributed by atoms with Gasteiger partial charge in [-0.2, -0.15) is 10.4 Å². The smallest absolute Gasteiger partial charge is 0.138 e. The average Bonchev–Trinajstić information content (AvgIpc) is 2.45. The zero-order valence-electron chi connectivity index (χ0n) is 7.50. The fraction of sp³-hybridized carbons (Fsp3) is 0.500. The van der Waals surface area contributed by atoms with Gasteiger partial charge in [-0.25, -0.2) is 0 Å². The van der Waals surface area contributed by atoms with Gasteiger partial charge in [0, 0.05) is 13.1 Å². The average molecular weight is 164 g/mol. The Morgan fingerprint density at radius 1 is 1.75 bits per heavy atom. The third-order valence-corrected chi connectivity index (χ3v) is 1.89.